The third kappa shape index (κ3) is 7.48. The molecule has 2 amide bonds. The molecular weight excluding hydrogens is 408 g/mol. The second-order valence-corrected chi connectivity index (χ2v) is 9.15. The molecule has 0 heterocycles. The number of rotatable bonds is 12. The molecule has 3 N–H and O–H groups in total. The second kappa shape index (κ2) is 11.8. The van der Waals surface area contributed by atoms with Gasteiger partial charge in [0, 0.05) is 11.1 Å². The highest BCUT2D eigenvalue weighted by atomic mass is 16.5. The molecule has 3 atom stereocenters. The lowest BCUT2D eigenvalue weighted by Gasteiger charge is -2.27. The van der Waals surface area contributed by atoms with E-state index in [0.717, 1.165) is 5.56 Å². The molecule has 2 aromatic carbocycles. The predicted octanol–water partition coefficient (Wildman–Crippen LogP) is 3.39. The monoisotopic (exact) mass is 444 g/mol. The van der Waals surface area contributed by atoms with Crippen molar-refractivity contribution in [3.05, 3.63) is 57.2 Å². The number of carbonyl (C=O) groups excluding carboxylic acids is 2. The van der Waals surface area contributed by atoms with Crippen molar-refractivity contribution in [3.8, 4) is 0 Å². The number of nitrogens with one attached hydrogen (secondary N) is 2. The van der Waals surface area contributed by atoms with Crippen LogP contribution in [0.5, 0.6) is 0 Å². The Kier molecular flexibility index (Phi) is 9.44. The number of aliphatic hydroxyl groups is 1. The van der Waals surface area contributed by atoms with Crippen molar-refractivity contribution in [3.63, 3.8) is 0 Å². The molecule has 32 heavy (non-hydrogen) atoms. The Bertz CT molecular complexity index is 884. The lowest BCUT2D eigenvalue weighted by Crippen LogP contribution is -2.51. The van der Waals surface area contributed by atoms with E-state index in [4.69, 9.17) is 4.74 Å². The van der Waals surface area contributed by atoms with Gasteiger partial charge in [0.2, 0.25) is 5.91 Å². The van der Waals surface area contributed by atoms with Crippen LogP contribution in [0, 0.1) is 11.8 Å². The van der Waals surface area contributed by atoms with Gasteiger partial charge in [-0.25, -0.2) is 4.79 Å². The van der Waals surface area contributed by atoms with Crippen molar-refractivity contribution in [1.82, 2.24) is 10.6 Å². The van der Waals surface area contributed by atoms with Gasteiger partial charge in [-0.2, -0.15) is 0 Å². The largest absolute Gasteiger partial charge is 0.445 e. The Morgan fingerprint density at radius 3 is 2.16 bits per heavy atom. The van der Waals surface area contributed by atoms with E-state index in [-0.39, 0.29) is 23.9 Å². The number of ether oxygens (including phenoxy) is 1. The van der Waals surface area contributed by atoms with Gasteiger partial charge in [-0.15, -0.1) is 0 Å². The van der Waals surface area contributed by atoms with Gasteiger partial charge in [0.1, 0.15) is 18.8 Å². The van der Waals surface area contributed by atoms with E-state index >= 15 is 0 Å². The van der Waals surface area contributed by atoms with Gasteiger partial charge in [-0.1, -0.05) is 65.0 Å². The van der Waals surface area contributed by atoms with Crippen molar-refractivity contribution in [2.45, 2.75) is 78.7 Å². The molecule has 0 aliphatic rings. The number of alkyl carbamates (subject to hydrolysis) is 1. The molecule has 0 radical (unpaired) electrons. The van der Waals surface area contributed by atoms with Crippen LogP contribution in [0.2, 0.25) is 0 Å². The van der Waals surface area contributed by atoms with Gasteiger partial charge >= 0.3 is 6.09 Å². The maximum atomic E-state index is 13.1. The minimum absolute atomic E-state index is 0.105. The summed E-state index contributed by atoms with van der Waals surface area (Å²) in [5.41, 5.74) is 1.79. The van der Waals surface area contributed by atoms with Crippen LogP contribution in [0.4, 0.5) is 4.79 Å². The highest BCUT2D eigenvalue weighted by molar-refractivity contribution is 5.85. The van der Waals surface area contributed by atoms with Gasteiger partial charge in [0.25, 0.3) is 0 Å². The van der Waals surface area contributed by atoms with Gasteiger partial charge in [0.05, 0.1) is 6.04 Å². The first-order chi connectivity index (χ1) is 15.1. The topological polar surface area (TPSA) is 105 Å². The first-order valence-corrected chi connectivity index (χ1v) is 11.4. The van der Waals surface area contributed by atoms with Crippen LogP contribution in [0.25, 0.3) is 0 Å². The molecule has 7 heteroatoms. The number of hydrogen-bond donors (Lipinski definition) is 3. The summed E-state index contributed by atoms with van der Waals surface area (Å²) in [5.74, 6) is -0.0540. The summed E-state index contributed by atoms with van der Waals surface area (Å²) in [4.78, 5) is 37.4. The summed E-state index contributed by atoms with van der Waals surface area (Å²) < 4.78 is 5.27. The van der Waals surface area contributed by atoms with Crippen LogP contribution in [0.15, 0.2) is 35.1 Å². The third-order valence-corrected chi connectivity index (χ3v) is 5.39. The molecule has 2 unspecified atom stereocenters. The van der Waals surface area contributed by atoms with E-state index in [0.29, 0.717) is 30.4 Å². The van der Waals surface area contributed by atoms with Crippen LogP contribution >= 0.6 is 0 Å². The fourth-order valence-corrected chi connectivity index (χ4v) is 3.76. The van der Waals surface area contributed by atoms with E-state index in [1.165, 1.54) is 0 Å². The molecular formula is C25H36N2O5. The Balaban J connectivity index is 2.04. The van der Waals surface area contributed by atoms with E-state index in [1.807, 2.05) is 65.0 Å². The molecule has 0 aliphatic carbocycles. The lowest BCUT2D eigenvalue weighted by atomic mass is 9.96. The zero-order chi connectivity index (χ0) is 23.8. The van der Waals surface area contributed by atoms with Crippen LogP contribution in [0.3, 0.4) is 0 Å². The summed E-state index contributed by atoms with van der Waals surface area (Å²) in [6, 6.07) is 7.87. The average Bonchev–Trinajstić information content (AvgIpc) is 3.40. The lowest BCUT2D eigenvalue weighted by molar-refractivity contribution is -0.125. The zero-order valence-corrected chi connectivity index (χ0v) is 19.7. The standard InChI is InChI=1S/C25H36N2O5/c1-6-18-21(22(18)28)23(29)19(12-15(2)3)26-24(30)20(13-16(4)5)27-25(31)32-14-17-10-8-7-9-11-17/h7-11,15-16,19-20,23,29H,6,12-14H2,1-5H3,(H,26,30)(H,27,31)/t19-,20?,23?/m0/s1. The van der Waals surface area contributed by atoms with Crippen molar-refractivity contribution in [1.29, 1.82) is 0 Å². The number of benzene rings is 1. The van der Waals surface area contributed by atoms with Gasteiger partial charge in [-0.05, 0) is 36.7 Å². The van der Waals surface area contributed by atoms with Crippen molar-refractivity contribution in [2.24, 2.45) is 11.8 Å². The molecule has 0 saturated heterocycles. The maximum absolute atomic E-state index is 13.1. The minimum Gasteiger partial charge on any atom is -0.445 e. The van der Waals surface area contributed by atoms with E-state index < -0.39 is 30.2 Å². The van der Waals surface area contributed by atoms with E-state index in [2.05, 4.69) is 10.6 Å². The second-order valence-electron chi connectivity index (χ2n) is 9.15. The summed E-state index contributed by atoms with van der Waals surface area (Å²) in [5, 5.41) is 16.3. The molecule has 176 valence electrons. The molecule has 2 rings (SSSR count). The fraction of sp³-hybridized carbons (Fsp3) is 0.560. The first-order valence-electron chi connectivity index (χ1n) is 11.4. The Morgan fingerprint density at radius 1 is 1.00 bits per heavy atom. The Morgan fingerprint density at radius 2 is 1.62 bits per heavy atom. The molecule has 0 aromatic heterocycles. The fourth-order valence-electron chi connectivity index (χ4n) is 3.76. The van der Waals surface area contributed by atoms with Crippen LogP contribution in [-0.2, 0) is 22.6 Å². The zero-order valence-electron chi connectivity index (χ0n) is 19.7. The van der Waals surface area contributed by atoms with Crippen LogP contribution in [-0.4, -0.2) is 29.2 Å². The normalized spacial score (nSPS) is 14.4. The highest BCUT2D eigenvalue weighted by Gasteiger charge is 2.35. The van der Waals surface area contributed by atoms with Crippen LogP contribution in [0.1, 0.15) is 70.3 Å². The van der Waals surface area contributed by atoms with Crippen molar-refractivity contribution < 1.29 is 19.4 Å². The molecule has 0 aliphatic heterocycles. The van der Waals surface area contributed by atoms with Gasteiger partial charge in [-0.3, -0.25) is 9.59 Å². The quantitative estimate of drug-likeness (QED) is 0.465. The Hall–Kier alpha value is -2.67. The first kappa shape index (κ1) is 25.6. The van der Waals surface area contributed by atoms with E-state index in [1.54, 1.807) is 0 Å². The predicted molar refractivity (Wildman–Crippen MR) is 124 cm³/mol. The average molecular weight is 445 g/mol. The smallest absolute Gasteiger partial charge is 0.408 e. The summed E-state index contributed by atoms with van der Waals surface area (Å²) >= 11 is 0. The summed E-state index contributed by atoms with van der Waals surface area (Å²) in [7, 11) is 0. The number of hydrogen-bond acceptors (Lipinski definition) is 5. The Labute approximate surface area is 190 Å². The van der Waals surface area contributed by atoms with Crippen LogP contribution < -0.4 is 16.1 Å². The third-order valence-electron chi connectivity index (χ3n) is 5.39. The number of amides is 2. The number of carbonyl (C=O) groups is 2. The molecule has 0 fully saturated rings. The molecule has 7 nitrogen and oxygen atoms in total. The van der Waals surface area contributed by atoms with Crippen molar-refractivity contribution in [2.75, 3.05) is 0 Å². The summed E-state index contributed by atoms with van der Waals surface area (Å²) in [6.45, 7) is 9.86. The summed E-state index contributed by atoms with van der Waals surface area (Å²) in [6.07, 6.45) is -0.234. The molecule has 0 spiro atoms. The SMILES string of the molecule is CCc1c(C(O)[C@H](CC(C)C)NC(=O)C(CC(C)C)NC(=O)OCc2ccccc2)c1=O. The van der Waals surface area contributed by atoms with Gasteiger partial charge < -0.3 is 20.5 Å². The molecule has 0 saturated carbocycles. The van der Waals surface area contributed by atoms with Gasteiger partial charge in [0.15, 0.2) is 5.43 Å². The van der Waals surface area contributed by atoms with Crippen molar-refractivity contribution >= 4 is 12.0 Å². The van der Waals surface area contributed by atoms with E-state index in [9.17, 15) is 19.5 Å². The number of aliphatic hydroxyl groups excluding tert-OH is 1. The molecule has 0 bridgehead atoms. The highest BCUT2D eigenvalue weighted by Crippen LogP contribution is 2.26. The molecule has 2 aromatic rings. The minimum atomic E-state index is -1.05. The maximum Gasteiger partial charge on any atom is 0.408 e.